The van der Waals surface area contributed by atoms with Gasteiger partial charge in [0, 0.05) is 6.54 Å². The van der Waals surface area contributed by atoms with Crippen LogP contribution in [0.3, 0.4) is 0 Å². The standard InChI is InChI=1S/C19H20N2O2/c1-14-10-15(2)12-16(11-14)23-9-5-8-21-18-7-4-3-6-17(18)20-19(21)13-22/h3-4,6-7,10-13H,5,8-9H2,1-2H3. The molecule has 1 heterocycles. The Balaban J connectivity index is 1.66. The zero-order chi connectivity index (χ0) is 16.2. The molecule has 2 aromatic carbocycles. The fourth-order valence-electron chi connectivity index (χ4n) is 2.85. The first-order valence-electron chi connectivity index (χ1n) is 7.79. The van der Waals surface area contributed by atoms with Gasteiger partial charge in [-0.05, 0) is 55.7 Å². The number of carbonyl (C=O) groups is 1. The number of nitrogens with zero attached hydrogens (tertiary/aromatic N) is 2. The summed E-state index contributed by atoms with van der Waals surface area (Å²) < 4.78 is 7.78. The molecule has 0 unspecified atom stereocenters. The van der Waals surface area contributed by atoms with E-state index in [2.05, 4.69) is 24.9 Å². The number of aldehydes is 1. The van der Waals surface area contributed by atoms with Crippen molar-refractivity contribution in [3.05, 3.63) is 59.4 Å². The Morgan fingerprint density at radius 1 is 1.13 bits per heavy atom. The second-order valence-electron chi connectivity index (χ2n) is 5.75. The van der Waals surface area contributed by atoms with E-state index in [0.717, 1.165) is 29.5 Å². The maximum absolute atomic E-state index is 11.2. The van der Waals surface area contributed by atoms with Crippen molar-refractivity contribution in [1.82, 2.24) is 9.55 Å². The second-order valence-corrected chi connectivity index (χ2v) is 5.75. The van der Waals surface area contributed by atoms with Crippen LogP contribution in [0.5, 0.6) is 5.75 Å². The number of aryl methyl sites for hydroxylation is 3. The van der Waals surface area contributed by atoms with Gasteiger partial charge in [0.1, 0.15) is 5.75 Å². The largest absolute Gasteiger partial charge is 0.494 e. The fourth-order valence-corrected chi connectivity index (χ4v) is 2.85. The molecule has 4 nitrogen and oxygen atoms in total. The van der Waals surface area contributed by atoms with E-state index >= 15 is 0 Å². The van der Waals surface area contributed by atoms with Gasteiger partial charge in [-0.2, -0.15) is 0 Å². The maximum Gasteiger partial charge on any atom is 0.185 e. The summed E-state index contributed by atoms with van der Waals surface area (Å²) in [5.41, 5.74) is 4.23. The van der Waals surface area contributed by atoms with Crippen LogP contribution in [0.1, 0.15) is 28.2 Å². The van der Waals surface area contributed by atoms with Gasteiger partial charge in [0.15, 0.2) is 12.1 Å². The van der Waals surface area contributed by atoms with E-state index in [4.69, 9.17) is 4.74 Å². The lowest BCUT2D eigenvalue weighted by molar-refractivity contribution is 0.111. The van der Waals surface area contributed by atoms with Gasteiger partial charge < -0.3 is 9.30 Å². The molecule has 0 aliphatic heterocycles. The Morgan fingerprint density at radius 2 is 1.87 bits per heavy atom. The Morgan fingerprint density at radius 3 is 2.61 bits per heavy atom. The summed E-state index contributed by atoms with van der Waals surface area (Å²) in [4.78, 5) is 15.6. The number of para-hydroxylation sites is 2. The molecule has 0 bridgehead atoms. The SMILES string of the molecule is Cc1cc(C)cc(OCCCn2c(C=O)nc3ccccc32)c1. The van der Waals surface area contributed by atoms with Crippen LogP contribution in [-0.4, -0.2) is 22.4 Å². The molecule has 3 rings (SSSR count). The molecule has 0 aliphatic carbocycles. The normalized spacial score (nSPS) is 10.9. The molecular weight excluding hydrogens is 288 g/mol. The van der Waals surface area contributed by atoms with Crippen molar-refractivity contribution >= 4 is 17.3 Å². The van der Waals surface area contributed by atoms with Crippen molar-refractivity contribution in [2.24, 2.45) is 0 Å². The molecule has 0 aliphatic rings. The van der Waals surface area contributed by atoms with E-state index in [1.165, 1.54) is 11.1 Å². The van der Waals surface area contributed by atoms with Gasteiger partial charge in [-0.25, -0.2) is 4.98 Å². The van der Waals surface area contributed by atoms with Crippen LogP contribution >= 0.6 is 0 Å². The van der Waals surface area contributed by atoms with Crippen LogP contribution in [0.4, 0.5) is 0 Å². The Bertz CT molecular complexity index is 816. The van der Waals surface area contributed by atoms with E-state index in [-0.39, 0.29) is 0 Å². The van der Waals surface area contributed by atoms with Crippen molar-refractivity contribution in [3.8, 4) is 5.75 Å². The molecule has 0 saturated carbocycles. The van der Waals surface area contributed by atoms with Gasteiger partial charge in [-0.15, -0.1) is 0 Å². The minimum absolute atomic E-state index is 0.470. The average Bonchev–Trinajstić information content (AvgIpc) is 2.88. The molecule has 0 saturated heterocycles. The third-order valence-electron chi connectivity index (χ3n) is 3.78. The topological polar surface area (TPSA) is 44.1 Å². The lowest BCUT2D eigenvalue weighted by Gasteiger charge is -2.10. The summed E-state index contributed by atoms with van der Waals surface area (Å²) in [6.45, 7) is 5.44. The number of benzene rings is 2. The third kappa shape index (κ3) is 3.42. The van der Waals surface area contributed by atoms with Crippen LogP contribution in [-0.2, 0) is 6.54 Å². The Hall–Kier alpha value is -2.62. The average molecular weight is 308 g/mol. The lowest BCUT2D eigenvalue weighted by atomic mass is 10.1. The van der Waals surface area contributed by atoms with Gasteiger partial charge in [-0.3, -0.25) is 4.79 Å². The van der Waals surface area contributed by atoms with Crippen LogP contribution in [0.2, 0.25) is 0 Å². The van der Waals surface area contributed by atoms with E-state index in [0.29, 0.717) is 19.0 Å². The van der Waals surface area contributed by atoms with Crippen molar-refractivity contribution in [3.63, 3.8) is 0 Å². The van der Waals surface area contributed by atoms with Crippen molar-refractivity contribution < 1.29 is 9.53 Å². The molecule has 3 aromatic rings. The lowest BCUT2D eigenvalue weighted by Crippen LogP contribution is -2.07. The number of ether oxygens (including phenoxy) is 1. The van der Waals surface area contributed by atoms with Gasteiger partial charge >= 0.3 is 0 Å². The maximum atomic E-state index is 11.2. The first-order chi connectivity index (χ1) is 11.2. The molecule has 23 heavy (non-hydrogen) atoms. The van der Waals surface area contributed by atoms with E-state index in [1.807, 2.05) is 41.0 Å². The van der Waals surface area contributed by atoms with Crippen molar-refractivity contribution in [1.29, 1.82) is 0 Å². The first kappa shape index (κ1) is 15.3. The van der Waals surface area contributed by atoms with Gasteiger partial charge in [-0.1, -0.05) is 18.2 Å². The predicted molar refractivity (Wildman–Crippen MR) is 91.1 cm³/mol. The highest BCUT2D eigenvalue weighted by atomic mass is 16.5. The number of hydrogen-bond acceptors (Lipinski definition) is 3. The highest BCUT2D eigenvalue weighted by Crippen LogP contribution is 2.18. The zero-order valence-corrected chi connectivity index (χ0v) is 13.5. The van der Waals surface area contributed by atoms with E-state index in [1.54, 1.807) is 0 Å². The molecule has 0 N–H and O–H groups in total. The molecule has 0 radical (unpaired) electrons. The first-order valence-corrected chi connectivity index (χ1v) is 7.79. The van der Waals surface area contributed by atoms with E-state index < -0.39 is 0 Å². The van der Waals surface area contributed by atoms with Crippen LogP contribution in [0, 0.1) is 13.8 Å². The predicted octanol–water partition coefficient (Wildman–Crippen LogP) is 3.93. The molecule has 118 valence electrons. The molecule has 0 amide bonds. The second kappa shape index (κ2) is 6.65. The summed E-state index contributed by atoms with van der Waals surface area (Å²) in [5.74, 6) is 1.37. The third-order valence-corrected chi connectivity index (χ3v) is 3.78. The molecule has 1 aromatic heterocycles. The number of aromatic nitrogens is 2. The minimum Gasteiger partial charge on any atom is -0.494 e. The summed E-state index contributed by atoms with van der Waals surface area (Å²) >= 11 is 0. The number of carbonyl (C=O) groups excluding carboxylic acids is 1. The van der Waals surface area contributed by atoms with Crippen LogP contribution in [0.15, 0.2) is 42.5 Å². The van der Waals surface area contributed by atoms with Gasteiger partial charge in [0.05, 0.1) is 17.6 Å². The quantitative estimate of drug-likeness (QED) is 0.512. The Kier molecular flexibility index (Phi) is 4.42. The molecule has 0 atom stereocenters. The number of rotatable bonds is 6. The molecule has 4 heteroatoms. The molecule has 0 fully saturated rings. The number of fused-ring (bicyclic) bond motifs is 1. The van der Waals surface area contributed by atoms with Crippen LogP contribution in [0.25, 0.3) is 11.0 Å². The number of imidazole rings is 1. The van der Waals surface area contributed by atoms with Crippen LogP contribution < -0.4 is 4.74 Å². The summed E-state index contributed by atoms with van der Waals surface area (Å²) in [6, 6.07) is 14.0. The smallest absolute Gasteiger partial charge is 0.185 e. The highest BCUT2D eigenvalue weighted by Gasteiger charge is 2.09. The number of hydrogen-bond donors (Lipinski definition) is 0. The highest BCUT2D eigenvalue weighted by molar-refractivity contribution is 5.82. The summed E-state index contributed by atoms with van der Waals surface area (Å²) in [6.07, 6.45) is 1.62. The summed E-state index contributed by atoms with van der Waals surface area (Å²) in [5, 5.41) is 0. The van der Waals surface area contributed by atoms with E-state index in [9.17, 15) is 4.79 Å². The zero-order valence-electron chi connectivity index (χ0n) is 13.5. The monoisotopic (exact) mass is 308 g/mol. The van der Waals surface area contributed by atoms with Gasteiger partial charge in [0.25, 0.3) is 0 Å². The van der Waals surface area contributed by atoms with Crippen molar-refractivity contribution in [2.75, 3.05) is 6.61 Å². The van der Waals surface area contributed by atoms with Gasteiger partial charge in [0.2, 0.25) is 0 Å². The fraction of sp³-hybridized carbons (Fsp3) is 0.263. The molecular formula is C19H20N2O2. The summed E-state index contributed by atoms with van der Waals surface area (Å²) in [7, 11) is 0. The Labute approximate surface area is 135 Å². The van der Waals surface area contributed by atoms with Crippen molar-refractivity contribution in [2.45, 2.75) is 26.8 Å². The minimum atomic E-state index is 0.470. The molecule has 0 spiro atoms.